The monoisotopic (exact) mass is 412 g/mol. The number of hydrogen-bond donors (Lipinski definition) is 1. The summed E-state index contributed by atoms with van der Waals surface area (Å²) in [5, 5.41) is 3.85. The molecule has 154 valence electrons. The van der Waals surface area contributed by atoms with Gasteiger partial charge in [0, 0.05) is 28.4 Å². The van der Waals surface area contributed by atoms with Crippen molar-refractivity contribution in [2.75, 3.05) is 0 Å². The SMILES string of the molecule is CC1CCCC(NC(=O)Cn2c3c(c(-c4ccccc4Cl)cc2=O)CCC3)C1C. The van der Waals surface area contributed by atoms with Crippen LogP contribution in [0.4, 0.5) is 0 Å². The van der Waals surface area contributed by atoms with E-state index in [0.717, 1.165) is 54.5 Å². The Bertz CT molecular complexity index is 981. The number of pyridine rings is 1. The molecule has 0 spiro atoms. The van der Waals surface area contributed by atoms with Crippen LogP contribution in [0.15, 0.2) is 35.1 Å². The number of nitrogens with one attached hydrogen (secondary N) is 1. The number of hydrogen-bond acceptors (Lipinski definition) is 2. The molecule has 1 aromatic heterocycles. The molecule has 1 saturated carbocycles. The van der Waals surface area contributed by atoms with E-state index < -0.39 is 0 Å². The van der Waals surface area contributed by atoms with Crippen molar-refractivity contribution in [3.8, 4) is 11.1 Å². The highest BCUT2D eigenvalue weighted by atomic mass is 35.5. The van der Waals surface area contributed by atoms with Crippen LogP contribution in [-0.2, 0) is 24.2 Å². The topological polar surface area (TPSA) is 51.1 Å². The number of aromatic nitrogens is 1. The van der Waals surface area contributed by atoms with Gasteiger partial charge in [-0.25, -0.2) is 0 Å². The van der Waals surface area contributed by atoms with Crippen LogP contribution >= 0.6 is 11.6 Å². The minimum absolute atomic E-state index is 0.0577. The summed E-state index contributed by atoms with van der Waals surface area (Å²) in [4.78, 5) is 25.8. The van der Waals surface area contributed by atoms with Crippen molar-refractivity contribution in [2.45, 2.75) is 65.0 Å². The van der Waals surface area contributed by atoms with E-state index in [4.69, 9.17) is 11.6 Å². The molecule has 29 heavy (non-hydrogen) atoms. The van der Waals surface area contributed by atoms with Crippen LogP contribution in [0.25, 0.3) is 11.1 Å². The number of nitrogens with zero attached hydrogens (tertiary/aromatic N) is 1. The first-order chi connectivity index (χ1) is 14.0. The lowest BCUT2D eigenvalue weighted by Crippen LogP contribution is -2.45. The molecule has 0 radical (unpaired) electrons. The molecule has 1 N–H and O–H groups in total. The van der Waals surface area contributed by atoms with Crippen molar-refractivity contribution in [1.82, 2.24) is 9.88 Å². The van der Waals surface area contributed by atoms with Gasteiger partial charge in [0.05, 0.1) is 0 Å². The van der Waals surface area contributed by atoms with Gasteiger partial charge in [-0.1, -0.05) is 56.5 Å². The normalized spacial score (nSPS) is 23.6. The van der Waals surface area contributed by atoms with E-state index in [-0.39, 0.29) is 24.1 Å². The maximum absolute atomic E-state index is 13.0. The van der Waals surface area contributed by atoms with Crippen LogP contribution in [0.3, 0.4) is 0 Å². The highest BCUT2D eigenvalue weighted by Crippen LogP contribution is 2.35. The quantitative estimate of drug-likeness (QED) is 0.797. The molecule has 3 atom stereocenters. The molecule has 0 bridgehead atoms. The molecular weight excluding hydrogens is 384 g/mol. The average molecular weight is 413 g/mol. The summed E-state index contributed by atoms with van der Waals surface area (Å²) in [5.74, 6) is 1.03. The van der Waals surface area contributed by atoms with Crippen LogP contribution in [-0.4, -0.2) is 16.5 Å². The summed E-state index contributed by atoms with van der Waals surface area (Å²) < 4.78 is 1.68. The number of amides is 1. The summed E-state index contributed by atoms with van der Waals surface area (Å²) in [6.07, 6.45) is 6.13. The standard InChI is InChI=1S/C24H29ClN2O2/c1-15-7-5-11-21(16(15)2)26-23(28)14-27-22-12-6-9-18(22)19(13-24(27)29)17-8-3-4-10-20(17)25/h3-4,8,10,13,15-16,21H,5-7,9,11-12,14H2,1-2H3,(H,26,28). The summed E-state index contributed by atoms with van der Waals surface area (Å²) in [7, 11) is 0. The Morgan fingerprint density at radius 2 is 1.93 bits per heavy atom. The van der Waals surface area contributed by atoms with Crippen molar-refractivity contribution in [2.24, 2.45) is 11.8 Å². The first-order valence-electron chi connectivity index (χ1n) is 10.8. The van der Waals surface area contributed by atoms with Gasteiger partial charge in [-0.05, 0) is 54.7 Å². The zero-order valence-corrected chi connectivity index (χ0v) is 18.0. The van der Waals surface area contributed by atoms with Crippen LogP contribution < -0.4 is 10.9 Å². The van der Waals surface area contributed by atoms with Gasteiger partial charge in [-0.3, -0.25) is 9.59 Å². The third-order valence-corrected chi connectivity index (χ3v) is 7.22. The Kier molecular flexibility index (Phi) is 5.82. The molecule has 2 aliphatic rings. The average Bonchev–Trinajstić information content (AvgIpc) is 3.18. The Balaban J connectivity index is 1.61. The Morgan fingerprint density at radius 3 is 2.72 bits per heavy atom. The first kappa shape index (κ1) is 20.2. The molecule has 4 nitrogen and oxygen atoms in total. The molecule has 4 rings (SSSR count). The van der Waals surface area contributed by atoms with Crippen molar-refractivity contribution in [3.63, 3.8) is 0 Å². The van der Waals surface area contributed by atoms with Gasteiger partial charge in [0.15, 0.2) is 0 Å². The summed E-state index contributed by atoms with van der Waals surface area (Å²) in [6.45, 7) is 4.58. The van der Waals surface area contributed by atoms with Crippen LogP contribution in [0.5, 0.6) is 0 Å². The van der Waals surface area contributed by atoms with Gasteiger partial charge >= 0.3 is 0 Å². The lowest BCUT2D eigenvalue weighted by molar-refractivity contribution is -0.123. The number of halogens is 1. The summed E-state index contributed by atoms with van der Waals surface area (Å²) in [5.41, 5.74) is 3.84. The number of rotatable bonds is 4. The second-order valence-corrected chi connectivity index (χ2v) is 9.09. The third kappa shape index (κ3) is 4.00. The molecule has 1 fully saturated rings. The van der Waals surface area contributed by atoms with Gasteiger partial charge in [-0.2, -0.15) is 0 Å². The van der Waals surface area contributed by atoms with Crippen molar-refractivity contribution >= 4 is 17.5 Å². The zero-order valence-electron chi connectivity index (χ0n) is 17.2. The lowest BCUT2D eigenvalue weighted by Gasteiger charge is -2.34. The predicted molar refractivity (Wildman–Crippen MR) is 117 cm³/mol. The predicted octanol–water partition coefficient (Wildman–Crippen LogP) is 4.60. The molecule has 1 amide bonds. The fourth-order valence-electron chi connectivity index (χ4n) is 5.01. The second kappa shape index (κ2) is 8.35. The Morgan fingerprint density at radius 1 is 1.14 bits per heavy atom. The fourth-order valence-corrected chi connectivity index (χ4v) is 5.25. The van der Waals surface area contributed by atoms with E-state index in [9.17, 15) is 9.59 Å². The molecular formula is C24H29ClN2O2. The van der Waals surface area contributed by atoms with Crippen LogP contribution in [0, 0.1) is 11.8 Å². The molecule has 3 unspecified atom stereocenters. The Hall–Kier alpha value is -2.07. The Labute approximate surface area is 177 Å². The van der Waals surface area contributed by atoms with Gasteiger partial charge < -0.3 is 9.88 Å². The fraction of sp³-hybridized carbons (Fsp3) is 0.500. The van der Waals surface area contributed by atoms with E-state index in [1.807, 2.05) is 24.3 Å². The molecule has 2 aromatic rings. The molecule has 0 saturated heterocycles. The maximum Gasteiger partial charge on any atom is 0.251 e. The molecule has 1 heterocycles. The largest absolute Gasteiger partial charge is 0.352 e. The highest BCUT2D eigenvalue weighted by molar-refractivity contribution is 6.33. The van der Waals surface area contributed by atoms with Crippen molar-refractivity contribution < 1.29 is 4.79 Å². The van der Waals surface area contributed by atoms with Crippen LogP contribution in [0.2, 0.25) is 5.02 Å². The van der Waals surface area contributed by atoms with Gasteiger partial charge in [0.25, 0.3) is 5.56 Å². The number of carbonyl (C=O) groups is 1. The van der Waals surface area contributed by atoms with E-state index in [1.165, 1.54) is 6.42 Å². The van der Waals surface area contributed by atoms with E-state index in [2.05, 4.69) is 19.2 Å². The second-order valence-electron chi connectivity index (χ2n) is 8.68. The first-order valence-corrected chi connectivity index (χ1v) is 11.1. The molecule has 5 heteroatoms. The summed E-state index contributed by atoms with van der Waals surface area (Å²) >= 11 is 6.40. The molecule has 1 aromatic carbocycles. The number of benzene rings is 1. The highest BCUT2D eigenvalue weighted by Gasteiger charge is 2.29. The van der Waals surface area contributed by atoms with Crippen molar-refractivity contribution in [3.05, 3.63) is 57.0 Å². The van der Waals surface area contributed by atoms with E-state index in [0.29, 0.717) is 16.9 Å². The molecule has 0 aliphatic heterocycles. The number of carbonyl (C=O) groups excluding carboxylic acids is 1. The van der Waals surface area contributed by atoms with Gasteiger partial charge in [0.1, 0.15) is 6.54 Å². The minimum atomic E-state index is -0.124. The smallest absolute Gasteiger partial charge is 0.251 e. The van der Waals surface area contributed by atoms with Gasteiger partial charge in [-0.15, -0.1) is 0 Å². The molecule has 2 aliphatic carbocycles. The van der Waals surface area contributed by atoms with Crippen molar-refractivity contribution in [1.29, 1.82) is 0 Å². The third-order valence-electron chi connectivity index (χ3n) is 6.89. The number of fused-ring (bicyclic) bond motifs is 1. The van der Waals surface area contributed by atoms with Gasteiger partial charge in [0.2, 0.25) is 5.91 Å². The zero-order chi connectivity index (χ0) is 20.5. The minimum Gasteiger partial charge on any atom is -0.352 e. The maximum atomic E-state index is 13.0. The van der Waals surface area contributed by atoms with Crippen LogP contribution in [0.1, 0.15) is 50.8 Å². The van der Waals surface area contributed by atoms with E-state index in [1.54, 1.807) is 10.6 Å². The van der Waals surface area contributed by atoms with E-state index >= 15 is 0 Å². The lowest BCUT2D eigenvalue weighted by atomic mass is 9.78. The summed E-state index contributed by atoms with van der Waals surface area (Å²) in [6, 6.07) is 9.50.